The summed E-state index contributed by atoms with van der Waals surface area (Å²) in [6.45, 7) is 10.4. The third kappa shape index (κ3) is 4.83. The fourth-order valence-electron chi connectivity index (χ4n) is 0.926. The molecule has 0 spiro atoms. The fourth-order valence-corrected chi connectivity index (χ4v) is 0.926. The lowest BCUT2D eigenvalue weighted by atomic mass is 10.0. The van der Waals surface area contributed by atoms with Crippen LogP contribution in [0.4, 0.5) is 0 Å². The van der Waals surface area contributed by atoms with Gasteiger partial charge in [-0.2, -0.15) is 0 Å². The lowest BCUT2D eigenvalue weighted by molar-refractivity contribution is 0.636. The van der Waals surface area contributed by atoms with Gasteiger partial charge in [0, 0.05) is 0 Å². The van der Waals surface area contributed by atoms with Gasteiger partial charge in [-0.05, 0) is 32.1 Å². The molecule has 0 aromatic heterocycles. The summed E-state index contributed by atoms with van der Waals surface area (Å²) >= 11 is 0. The molecule has 0 fully saturated rings. The maximum absolute atomic E-state index is 3.81. The molecule has 0 aliphatic rings. The topological polar surface area (TPSA) is 0 Å². The van der Waals surface area contributed by atoms with E-state index in [2.05, 4.69) is 39.5 Å². The van der Waals surface area contributed by atoms with Crippen molar-refractivity contribution in [3.05, 3.63) is 24.3 Å². The Kier molecular flexibility index (Phi) is 5.91. The van der Waals surface area contributed by atoms with Crippen LogP contribution >= 0.6 is 0 Å². The van der Waals surface area contributed by atoms with Crippen molar-refractivity contribution >= 4 is 0 Å². The molecule has 64 valence electrons. The minimum atomic E-state index is 0.677. The molecule has 1 unspecified atom stereocenters. The molecule has 0 rings (SSSR count). The summed E-state index contributed by atoms with van der Waals surface area (Å²) in [6.07, 6.45) is 7.93. The Morgan fingerprint density at radius 3 is 2.45 bits per heavy atom. The largest absolute Gasteiger partial charge is 0.103 e. The molecule has 0 nitrogen and oxygen atoms in total. The van der Waals surface area contributed by atoms with Crippen LogP contribution in [0, 0.1) is 5.92 Å². The summed E-state index contributed by atoms with van der Waals surface area (Å²) in [5.41, 5.74) is 1.49. The first-order valence-electron chi connectivity index (χ1n) is 4.52. The third-order valence-corrected chi connectivity index (χ3v) is 2.18. The highest BCUT2D eigenvalue weighted by Gasteiger charge is 1.96. The van der Waals surface area contributed by atoms with Crippen molar-refractivity contribution in [1.82, 2.24) is 0 Å². The summed E-state index contributed by atoms with van der Waals surface area (Å²) in [4.78, 5) is 0. The van der Waals surface area contributed by atoms with E-state index in [1.807, 2.05) is 0 Å². The van der Waals surface area contributed by atoms with Crippen LogP contribution in [0.2, 0.25) is 0 Å². The van der Waals surface area contributed by atoms with Gasteiger partial charge in [-0.25, -0.2) is 0 Å². The average molecular weight is 152 g/mol. The van der Waals surface area contributed by atoms with Gasteiger partial charge in [0.1, 0.15) is 0 Å². The Morgan fingerprint density at radius 2 is 2.09 bits per heavy atom. The van der Waals surface area contributed by atoms with Crippen molar-refractivity contribution in [2.45, 2.75) is 40.0 Å². The molecular formula is C11H20. The molecule has 0 N–H and O–H groups in total. The molecule has 1 atom stereocenters. The maximum atomic E-state index is 3.81. The van der Waals surface area contributed by atoms with Crippen LogP contribution in [0.3, 0.4) is 0 Å². The second kappa shape index (κ2) is 6.21. The van der Waals surface area contributed by atoms with Gasteiger partial charge in [-0.1, -0.05) is 31.6 Å². The second-order valence-electron chi connectivity index (χ2n) is 3.04. The maximum Gasteiger partial charge on any atom is -0.0204 e. The lowest BCUT2D eigenvalue weighted by Gasteiger charge is -2.05. The fraction of sp³-hybridized carbons (Fsp3) is 0.636. The monoisotopic (exact) mass is 152 g/mol. The van der Waals surface area contributed by atoms with Crippen LogP contribution < -0.4 is 0 Å². The summed E-state index contributed by atoms with van der Waals surface area (Å²) in [5.74, 6) is 0.677. The molecule has 0 aromatic carbocycles. The first-order valence-corrected chi connectivity index (χ1v) is 4.52. The Hall–Kier alpha value is -0.520. The highest BCUT2D eigenvalue weighted by molar-refractivity contribution is 4.99. The van der Waals surface area contributed by atoms with Crippen LogP contribution in [-0.4, -0.2) is 0 Å². The third-order valence-electron chi connectivity index (χ3n) is 2.18. The van der Waals surface area contributed by atoms with Gasteiger partial charge in [0.25, 0.3) is 0 Å². The SMILES string of the molecule is C=CC(CC)C/C=C(\C)CC. The molecule has 0 saturated carbocycles. The van der Waals surface area contributed by atoms with Gasteiger partial charge in [-0.3, -0.25) is 0 Å². The van der Waals surface area contributed by atoms with Crippen molar-refractivity contribution < 1.29 is 0 Å². The molecule has 0 bridgehead atoms. The zero-order valence-electron chi connectivity index (χ0n) is 8.06. The lowest BCUT2D eigenvalue weighted by Crippen LogP contribution is -1.91. The van der Waals surface area contributed by atoms with Crippen molar-refractivity contribution in [3.8, 4) is 0 Å². The number of hydrogen-bond donors (Lipinski definition) is 0. The van der Waals surface area contributed by atoms with Crippen molar-refractivity contribution in [2.75, 3.05) is 0 Å². The first-order chi connectivity index (χ1) is 5.24. The minimum absolute atomic E-state index is 0.677. The number of rotatable bonds is 5. The van der Waals surface area contributed by atoms with Crippen LogP contribution in [0.5, 0.6) is 0 Å². The zero-order chi connectivity index (χ0) is 8.69. The van der Waals surface area contributed by atoms with E-state index in [1.54, 1.807) is 0 Å². The van der Waals surface area contributed by atoms with E-state index in [4.69, 9.17) is 0 Å². The Bertz CT molecular complexity index is 131. The smallest absolute Gasteiger partial charge is 0.0204 e. The summed E-state index contributed by atoms with van der Waals surface area (Å²) in [6, 6.07) is 0. The Labute approximate surface area is 71.0 Å². The number of allylic oxidation sites excluding steroid dienone is 3. The molecule has 0 aliphatic heterocycles. The summed E-state index contributed by atoms with van der Waals surface area (Å²) in [7, 11) is 0. The molecule has 0 aliphatic carbocycles. The minimum Gasteiger partial charge on any atom is -0.103 e. The van der Waals surface area contributed by atoms with Crippen LogP contribution in [0.1, 0.15) is 40.0 Å². The van der Waals surface area contributed by atoms with E-state index in [0.717, 1.165) is 0 Å². The van der Waals surface area contributed by atoms with E-state index in [0.29, 0.717) is 5.92 Å². The molecular weight excluding hydrogens is 132 g/mol. The number of hydrogen-bond acceptors (Lipinski definition) is 0. The van der Waals surface area contributed by atoms with Gasteiger partial charge in [0.15, 0.2) is 0 Å². The molecule has 0 amide bonds. The van der Waals surface area contributed by atoms with Crippen LogP contribution in [0.15, 0.2) is 24.3 Å². The van der Waals surface area contributed by atoms with E-state index in [1.165, 1.54) is 24.8 Å². The van der Waals surface area contributed by atoms with Crippen LogP contribution in [0.25, 0.3) is 0 Å². The van der Waals surface area contributed by atoms with Crippen LogP contribution in [-0.2, 0) is 0 Å². The molecule has 0 radical (unpaired) electrons. The predicted octanol–water partition coefficient (Wildman–Crippen LogP) is 3.95. The van der Waals surface area contributed by atoms with Gasteiger partial charge in [-0.15, -0.1) is 6.58 Å². The Morgan fingerprint density at radius 1 is 1.45 bits per heavy atom. The second-order valence-corrected chi connectivity index (χ2v) is 3.04. The van der Waals surface area contributed by atoms with Gasteiger partial charge < -0.3 is 0 Å². The van der Waals surface area contributed by atoms with Crippen molar-refractivity contribution in [2.24, 2.45) is 5.92 Å². The first kappa shape index (κ1) is 10.5. The molecule has 0 heterocycles. The average Bonchev–Trinajstić information content (AvgIpc) is 2.06. The van der Waals surface area contributed by atoms with Gasteiger partial charge in [0.05, 0.1) is 0 Å². The van der Waals surface area contributed by atoms with Crippen molar-refractivity contribution in [1.29, 1.82) is 0 Å². The predicted molar refractivity (Wildman–Crippen MR) is 52.6 cm³/mol. The Balaban J connectivity index is 3.73. The van der Waals surface area contributed by atoms with Gasteiger partial charge >= 0.3 is 0 Å². The normalized spacial score (nSPS) is 14.6. The quantitative estimate of drug-likeness (QED) is 0.523. The molecule has 0 heteroatoms. The van der Waals surface area contributed by atoms with Crippen molar-refractivity contribution in [3.63, 3.8) is 0 Å². The summed E-state index contributed by atoms with van der Waals surface area (Å²) in [5, 5.41) is 0. The molecule has 0 saturated heterocycles. The standard InChI is InChI=1S/C11H20/c1-5-10(4)8-9-11(6-2)7-3/h6,8,11H,2,5,7,9H2,1,3-4H3/b10-8+. The molecule has 11 heavy (non-hydrogen) atoms. The van der Waals surface area contributed by atoms with E-state index in [-0.39, 0.29) is 0 Å². The molecule has 0 aromatic rings. The zero-order valence-corrected chi connectivity index (χ0v) is 8.06. The highest BCUT2D eigenvalue weighted by atomic mass is 14.0. The summed E-state index contributed by atoms with van der Waals surface area (Å²) < 4.78 is 0. The van der Waals surface area contributed by atoms with E-state index in [9.17, 15) is 0 Å². The highest BCUT2D eigenvalue weighted by Crippen LogP contribution is 2.12. The van der Waals surface area contributed by atoms with E-state index < -0.39 is 0 Å². The van der Waals surface area contributed by atoms with E-state index >= 15 is 0 Å². The van der Waals surface area contributed by atoms with Gasteiger partial charge in [0.2, 0.25) is 0 Å².